The maximum Gasteiger partial charge on any atom is 0.147 e. The highest BCUT2D eigenvalue weighted by atomic mass is 15.2. The molecule has 1 saturated heterocycles. The molecule has 0 amide bonds. The molecule has 0 unspecified atom stereocenters. The molecule has 1 fully saturated rings. The van der Waals surface area contributed by atoms with Gasteiger partial charge < -0.3 is 4.90 Å². The van der Waals surface area contributed by atoms with Crippen LogP contribution in [0.1, 0.15) is 25.5 Å². The van der Waals surface area contributed by atoms with Crippen LogP contribution in [0.4, 0.5) is 5.82 Å². The van der Waals surface area contributed by atoms with Gasteiger partial charge in [-0.2, -0.15) is 0 Å². The van der Waals surface area contributed by atoms with Crippen LogP contribution >= 0.6 is 0 Å². The number of hydrogen-bond acceptors (Lipinski definition) is 3. The first kappa shape index (κ1) is 9.44. The minimum absolute atomic E-state index is 0.865. The van der Waals surface area contributed by atoms with Crippen LogP contribution < -0.4 is 4.90 Å². The van der Waals surface area contributed by atoms with E-state index in [1.807, 2.05) is 13.1 Å². The topological polar surface area (TPSA) is 29.0 Å². The van der Waals surface area contributed by atoms with Gasteiger partial charge in [0.25, 0.3) is 0 Å². The Hall–Kier alpha value is -1.12. The summed E-state index contributed by atoms with van der Waals surface area (Å²) in [7, 11) is 0. The second-order valence-corrected chi connectivity index (χ2v) is 4.19. The number of aromatic nitrogens is 2. The van der Waals surface area contributed by atoms with Gasteiger partial charge in [0.1, 0.15) is 5.82 Å². The molecule has 0 radical (unpaired) electrons. The first-order valence-corrected chi connectivity index (χ1v) is 5.29. The third-order valence-electron chi connectivity index (χ3n) is 2.85. The van der Waals surface area contributed by atoms with E-state index in [1.165, 1.54) is 12.8 Å². The van der Waals surface area contributed by atoms with Crippen molar-refractivity contribution in [3.63, 3.8) is 0 Å². The van der Waals surface area contributed by atoms with E-state index in [1.54, 1.807) is 6.20 Å². The van der Waals surface area contributed by atoms with Crippen molar-refractivity contribution in [2.75, 3.05) is 18.0 Å². The van der Waals surface area contributed by atoms with Gasteiger partial charge in [-0.05, 0) is 25.7 Å². The SMILES string of the molecule is Cc1cncc(N2CCC(C)CC2)n1. The molecule has 2 rings (SSSR count). The molecule has 3 nitrogen and oxygen atoms in total. The molecule has 0 bridgehead atoms. The van der Waals surface area contributed by atoms with Crippen molar-refractivity contribution in [3.8, 4) is 0 Å². The molecular formula is C11H17N3. The third-order valence-corrected chi connectivity index (χ3v) is 2.85. The number of nitrogens with zero attached hydrogens (tertiary/aromatic N) is 3. The number of rotatable bonds is 1. The number of piperidine rings is 1. The molecule has 0 aromatic carbocycles. The Morgan fingerprint density at radius 3 is 2.64 bits per heavy atom. The largest absolute Gasteiger partial charge is 0.355 e. The van der Waals surface area contributed by atoms with E-state index in [4.69, 9.17) is 0 Å². The van der Waals surface area contributed by atoms with Crippen LogP contribution in [0.25, 0.3) is 0 Å². The lowest BCUT2D eigenvalue weighted by atomic mass is 9.99. The molecule has 0 N–H and O–H groups in total. The second-order valence-electron chi connectivity index (χ2n) is 4.19. The van der Waals surface area contributed by atoms with Crippen molar-refractivity contribution in [3.05, 3.63) is 18.1 Å². The van der Waals surface area contributed by atoms with E-state index >= 15 is 0 Å². The minimum Gasteiger partial charge on any atom is -0.355 e. The van der Waals surface area contributed by atoms with Crippen molar-refractivity contribution in [1.82, 2.24) is 9.97 Å². The van der Waals surface area contributed by atoms with Gasteiger partial charge in [0.15, 0.2) is 0 Å². The fraction of sp³-hybridized carbons (Fsp3) is 0.636. The summed E-state index contributed by atoms with van der Waals surface area (Å²) in [5.41, 5.74) is 1.00. The standard InChI is InChI=1S/C11H17N3/c1-9-3-5-14(6-4-9)11-8-12-7-10(2)13-11/h7-9H,3-6H2,1-2H3. The van der Waals surface area contributed by atoms with Gasteiger partial charge in [-0.3, -0.25) is 4.98 Å². The van der Waals surface area contributed by atoms with E-state index < -0.39 is 0 Å². The first-order chi connectivity index (χ1) is 6.75. The Morgan fingerprint density at radius 1 is 1.29 bits per heavy atom. The molecule has 1 aliphatic rings. The normalized spacial score (nSPS) is 18.6. The highest BCUT2D eigenvalue weighted by molar-refractivity contribution is 5.36. The summed E-state index contributed by atoms with van der Waals surface area (Å²) in [6.45, 7) is 6.56. The summed E-state index contributed by atoms with van der Waals surface area (Å²) < 4.78 is 0. The average Bonchev–Trinajstić information content (AvgIpc) is 2.19. The molecule has 0 spiro atoms. The zero-order chi connectivity index (χ0) is 9.97. The van der Waals surface area contributed by atoms with Gasteiger partial charge in [-0.25, -0.2) is 4.98 Å². The molecule has 1 aliphatic heterocycles. The Labute approximate surface area is 85.2 Å². The summed E-state index contributed by atoms with van der Waals surface area (Å²) in [6, 6.07) is 0. The molecule has 1 aromatic rings. The van der Waals surface area contributed by atoms with Gasteiger partial charge in [0, 0.05) is 19.3 Å². The lowest BCUT2D eigenvalue weighted by Gasteiger charge is -2.30. The zero-order valence-electron chi connectivity index (χ0n) is 8.90. The quantitative estimate of drug-likeness (QED) is 0.680. The fourth-order valence-electron chi connectivity index (χ4n) is 1.84. The van der Waals surface area contributed by atoms with E-state index in [9.17, 15) is 0 Å². The van der Waals surface area contributed by atoms with Gasteiger partial charge in [-0.15, -0.1) is 0 Å². The lowest BCUT2D eigenvalue weighted by Crippen LogP contribution is -2.33. The van der Waals surface area contributed by atoms with E-state index in [0.717, 1.165) is 30.5 Å². The summed E-state index contributed by atoms with van der Waals surface area (Å²) in [6.07, 6.45) is 6.21. The van der Waals surface area contributed by atoms with Crippen LogP contribution in [0.5, 0.6) is 0 Å². The van der Waals surface area contributed by atoms with Crippen LogP contribution in [-0.4, -0.2) is 23.1 Å². The Bertz CT molecular complexity index is 303. The van der Waals surface area contributed by atoms with Crippen molar-refractivity contribution < 1.29 is 0 Å². The predicted octanol–water partition coefficient (Wildman–Crippen LogP) is 2.02. The Kier molecular flexibility index (Phi) is 2.66. The molecule has 0 aliphatic carbocycles. The van der Waals surface area contributed by atoms with Crippen LogP contribution in [0, 0.1) is 12.8 Å². The van der Waals surface area contributed by atoms with Crippen molar-refractivity contribution in [2.24, 2.45) is 5.92 Å². The van der Waals surface area contributed by atoms with Gasteiger partial charge in [-0.1, -0.05) is 6.92 Å². The van der Waals surface area contributed by atoms with E-state index in [2.05, 4.69) is 21.8 Å². The monoisotopic (exact) mass is 191 g/mol. The molecule has 0 atom stereocenters. The third kappa shape index (κ3) is 2.03. The summed E-state index contributed by atoms with van der Waals surface area (Å²) in [5.74, 6) is 1.90. The second kappa shape index (κ2) is 3.95. The summed E-state index contributed by atoms with van der Waals surface area (Å²) in [4.78, 5) is 11.0. The van der Waals surface area contributed by atoms with Crippen molar-refractivity contribution in [2.45, 2.75) is 26.7 Å². The zero-order valence-corrected chi connectivity index (χ0v) is 8.90. The van der Waals surface area contributed by atoms with Crippen LogP contribution in [0.2, 0.25) is 0 Å². The molecule has 0 saturated carbocycles. The Morgan fingerprint density at radius 2 is 2.00 bits per heavy atom. The number of aryl methyl sites for hydroxylation is 1. The highest BCUT2D eigenvalue weighted by Gasteiger charge is 2.16. The molecule has 3 heteroatoms. The van der Waals surface area contributed by atoms with Gasteiger partial charge >= 0.3 is 0 Å². The Balaban J connectivity index is 2.08. The maximum atomic E-state index is 4.49. The smallest absolute Gasteiger partial charge is 0.147 e. The molecular weight excluding hydrogens is 174 g/mol. The van der Waals surface area contributed by atoms with Gasteiger partial charge in [0.2, 0.25) is 0 Å². The van der Waals surface area contributed by atoms with Crippen LogP contribution in [0.15, 0.2) is 12.4 Å². The summed E-state index contributed by atoms with van der Waals surface area (Å²) >= 11 is 0. The number of anilines is 1. The molecule has 2 heterocycles. The van der Waals surface area contributed by atoms with E-state index in [-0.39, 0.29) is 0 Å². The molecule has 1 aromatic heterocycles. The lowest BCUT2D eigenvalue weighted by molar-refractivity contribution is 0.436. The van der Waals surface area contributed by atoms with Crippen LogP contribution in [-0.2, 0) is 0 Å². The van der Waals surface area contributed by atoms with Gasteiger partial charge in [0.05, 0.1) is 11.9 Å². The molecule has 76 valence electrons. The first-order valence-electron chi connectivity index (χ1n) is 5.29. The number of hydrogen-bond donors (Lipinski definition) is 0. The maximum absolute atomic E-state index is 4.49. The summed E-state index contributed by atoms with van der Waals surface area (Å²) in [5, 5.41) is 0. The van der Waals surface area contributed by atoms with Crippen molar-refractivity contribution >= 4 is 5.82 Å². The average molecular weight is 191 g/mol. The van der Waals surface area contributed by atoms with Crippen LogP contribution in [0.3, 0.4) is 0 Å². The molecule has 14 heavy (non-hydrogen) atoms. The van der Waals surface area contributed by atoms with E-state index in [0.29, 0.717) is 0 Å². The fourth-order valence-corrected chi connectivity index (χ4v) is 1.84. The predicted molar refractivity (Wildman–Crippen MR) is 57.4 cm³/mol. The van der Waals surface area contributed by atoms with Crippen molar-refractivity contribution in [1.29, 1.82) is 0 Å². The highest BCUT2D eigenvalue weighted by Crippen LogP contribution is 2.20. The minimum atomic E-state index is 0.865.